The Hall–Kier alpha value is -1.57. The SMILES string of the molecule is CCCNc1cc(Nc2ccc(I)cc2)nc(N)n1. The number of benzene rings is 1. The van der Waals surface area contributed by atoms with Gasteiger partial charge in [0.1, 0.15) is 11.6 Å². The van der Waals surface area contributed by atoms with Crippen LogP contribution in [0.25, 0.3) is 0 Å². The van der Waals surface area contributed by atoms with E-state index in [1.807, 2.05) is 30.3 Å². The van der Waals surface area contributed by atoms with Crippen molar-refractivity contribution >= 4 is 45.9 Å². The number of hydrogen-bond acceptors (Lipinski definition) is 5. The van der Waals surface area contributed by atoms with Crippen molar-refractivity contribution in [3.05, 3.63) is 33.9 Å². The maximum absolute atomic E-state index is 5.71. The molecule has 0 fully saturated rings. The molecule has 0 atom stereocenters. The summed E-state index contributed by atoms with van der Waals surface area (Å²) in [5.74, 6) is 1.68. The molecule has 5 nitrogen and oxygen atoms in total. The van der Waals surface area contributed by atoms with Gasteiger partial charge in [-0.2, -0.15) is 9.97 Å². The molecule has 4 N–H and O–H groups in total. The summed E-state index contributed by atoms with van der Waals surface area (Å²) in [6, 6.07) is 9.91. The Morgan fingerprint density at radius 1 is 1.16 bits per heavy atom. The third-order valence-electron chi connectivity index (χ3n) is 2.42. The monoisotopic (exact) mass is 369 g/mol. The van der Waals surface area contributed by atoms with Crippen molar-refractivity contribution in [3.63, 3.8) is 0 Å². The lowest BCUT2D eigenvalue weighted by Crippen LogP contribution is -2.06. The maximum Gasteiger partial charge on any atom is 0.223 e. The first-order valence-corrected chi connectivity index (χ1v) is 7.16. The zero-order valence-corrected chi connectivity index (χ0v) is 12.8. The number of nitrogen functional groups attached to an aromatic ring is 1. The number of hydrogen-bond donors (Lipinski definition) is 3. The van der Waals surface area contributed by atoms with E-state index in [2.05, 4.69) is 50.1 Å². The van der Waals surface area contributed by atoms with E-state index < -0.39 is 0 Å². The summed E-state index contributed by atoms with van der Waals surface area (Å²) in [5.41, 5.74) is 6.68. The van der Waals surface area contributed by atoms with Crippen LogP contribution in [0.1, 0.15) is 13.3 Å². The molecule has 2 aromatic rings. The van der Waals surface area contributed by atoms with E-state index in [9.17, 15) is 0 Å². The predicted molar refractivity (Wildman–Crippen MR) is 87.7 cm³/mol. The zero-order valence-electron chi connectivity index (χ0n) is 10.7. The van der Waals surface area contributed by atoms with Gasteiger partial charge in [-0.05, 0) is 53.3 Å². The fraction of sp³-hybridized carbons (Fsp3) is 0.231. The molecular formula is C13H16IN5. The third kappa shape index (κ3) is 4.23. The fourth-order valence-electron chi connectivity index (χ4n) is 1.55. The van der Waals surface area contributed by atoms with E-state index in [0.29, 0.717) is 5.82 Å². The molecule has 0 bridgehead atoms. The van der Waals surface area contributed by atoms with Gasteiger partial charge in [0.25, 0.3) is 0 Å². The highest BCUT2D eigenvalue weighted by Crippen LogP contribution is 2.19. The summed E-state index contributed by atoms with van der Waals surface area (Å²) in [7, 11) is 0. The van der Waals surface area contributed by atoms with Crippen molar-refractivity contribution in [1.82, 2.24) is 9.97 Å². The quantitative estimate of drug-likeness (QED) is 0.706. The Morgan fingerprint density at radius 3 is 2.53 bits per heavy atom. The van der Waals surface area contributed by atoms with Gasteiger partial charge in [-0.1, -0.05) is 6.92 Å². The molecule has 19 heavy (non-hydrogen) atoms. The number of anilines is 4. The van der Waals surface area contributed by atoms with Gasteiger partial charge in [0.05, 0.1) is 0 Å². The van der Waals surface area contributed by atoms with Crippen LogP contribution in [-0.4, -0.2) is 16.5 Å². The first kappa shape index (κ1) is 13.9. The minimum Gasteiger partial charge on any atom is -0.370 e. The number of nitrogens with zero attached hydrogens (tertiary/aromatic N) is 2. The zero-order chi connectivity index (χ0) is 13.7. The molecule has 0 aliphatic rings. The van der Waals surface area contributed by atoms with Crippen LogP contribution in [0.2, 0.25) is 0 Å². The second kappa shape index (κ2) is 6.55. The first-order valence-electron chi connectivity index (χ1n) is 6.08. The van der Waals surface area contributed by atoms with Crippen molar-refractivity contribution in [3.8, 4) is 0 Å². The summed E-state index contributed by atoms with van der Waals surface area (Å²) in [4.78, 5) is 8.31. The topological polar surface area (TPSA) is 75.9 Å². The van der Waals surface area contributed by atoms with Crippen molar-refractivity contribution in [2.45, 2.75) is 13.3 Å². The molecule has 0 aliphatic carbocycles. The molecular weight excluding hydrogens is 353 g/mol. The highest BCUT2D eigenvalue weighted by Gasteiger charge is 2.02. The Labute approximate surface area is 126 Å². The molecule has 100 valence electrons. The van der Waals surface area contributed by atoms with Crippen LogP contribution in [0, 0.1) is 3.57 Å². The van der Waals surface area contributed by atoms with E-state index in [1.54, 1.807) is 0 Å². The molecule has 1 aromatic heterocycles. The van der Waals surface area contributed by atoms with E-state index in [0.717, 1.165) is 24.5 Å². The Morgan fingerprint density at radius 2 is 1.84 bits per heavy atom. The van der Waals surface area contributed by atoms with Gasteiger partial charge in [0.15, 0.2) is 0 Å². The first-order chi connectivity index (χ1) is 9.17. The van der Waals surface area contributed by atoms with Crippen LogP contribution in [0.4, 0.5) is 23.3 Å². The molecule has 1 aromatic carbocycles. The largest absolute Gasteiger partial charge is 0.370 e. The molecule has 0 saturated carbocycles. The summed E-state index contributed by atoms with van der Waals surface area (Å²) in [6.07, 6.45) is 1.03. The summed E-state index contributed by atoms with van der Waals surface area (Å²) < 4.78 is 1.19. The number of aromatic nitrogens is 2. The average Bonchev–Trinajstić information content (AvgIpc) is 2.38. The standard InChI is InChI=1S/C13H16IN5/c1-2-7-16-11-8-12(19-13(15)18-11)17-10-5-3-9(14)4-6-10/h3-6,8H,2,7H2,1H3,(H4,15,16,17,18,19). The van der Waals surface area contributed by atoms with E-state index in [1.165, 1.54) is 3.57 Å². The molecule has 0 unspecified atom stereocenters. The molecule has 0 aliphatic heterocycles. The maximum atomic E-state index is 5.71. The van der Waals surface area contributed by atoms with Crippen molar-refractivity contribution in [2.24, 2.45) is 0 Å². The van der Waals surface area contributed by atoms with Crippen LogP contribution >= 0.6 is 22.6 Å². The predicted octanol–water partition coefficient (Wildman–Crippen LogP) is 3.23. The van der Waals surface area contributed by atoms with Gasteiger partial charge in [-0.3, -0.25) is 0 Å². The van der Waals surface area contributed by atoms with Gasteiger partial charge in [0.2, 0.25) is 5.95 Å². The van der Waals surface area contributed by atoms with E-state index in [4.69, 9.17) is 5.73 Å². The van der Waals surface area contributed by atoms with Crippen molar-refractivity contribution in [2.75, 3.05) is 22.9 Å². The van der Waals surface area contributed by atoms with Crippen LogP contribution < -0.4 is 16.4 Å². The number of rotatable bonds is 5. The number of halogens is 1. The Bertz CT molecular complexity index is 541. The van der Waals surface area contributed by atoms with Gasteiger partial charge in [-0.15, -0.1) is 0 Å². The van der Waals surface area contributed by atoms with Crippen molar-refractivity contribution in [1.29, 1.82) is 0 Å². The number of nitrogens with two attached hydrogens (primary N) is 1. The molecule has 2 rings (SSSR count). The Balaban J connectivity index is 2.15. The molecule has 1 heterocycles. The fourth-order valence-corrected chi connectivity index (χ4v) is 1.91. The second-order valence-electron chi connectivity index (χ2n) is 4.06. The summed E-state index contributed by atoms with van der Waals surface area (Å²) in [5, 5.41) is 6.41. The molecule has 0 amide bonds. The molecule has 0 saturated heterocycles. The highest BCUT2D eigenvalue weighted by molar-refractivity contribution is 14.1. The van der Waals surface area contributed by atoms with E-state index >= 15 is 0 Å². The van der Waals surface area contributed by atoms with E-state index in [-0.39, 0.29) is 5.95 Å². The van der Waals surface area contributed by atoms with Gasteiger partial charge in [0, 0.05) is 21.9 Å². The smallest absolute Gasteiger partial charge is 0.223 e. The lowest BCUT2D eigenvalue weighted by Gasteiger charge is -2.09. The summed E-state index contributed by atoms with van der Waals surface area (Å²) >= 11 is 2.27. The molecule has 0 radical (unpaired) electrons. The third-order valence-corrected chi connectivity index (χ3v) is 3.14. The summed E-state index contributed by atoms with van der Waals surface area (Å²) in [6.45, 7) is 2.96. The van der Waals surface area contributed by atoms with Gasteiger partial charge >= 0.3 is 0 Å². The molecule has 0 spiro atoms. The number of nitrogens with one attached hydrogen (secondary N) is 2. The van der Waals surface area contributed by atoms with Crippen LogP contribution in [-0.2, 0) is 0 Å². The minimum atomic E-state index is 0.258. The van der Waals surface area contributed by atoms with Crippen LogP contribution in [0.15, 0.2) is 30.3 Å². The minimum absolute atomic E-state index is 0.258. The normalized spacial score (nSPS) is 10.2. The van der Waals surface area contributed by atoms with Crippen LogP contribution in [0.3, 0.4) is 0 Å². The lowest BCUT2D eigenvalue weighted by molar-refractivity contribution is 0.967. The highest BCUT2D eigenvalue weighted by atomic mass is 127. The molecule has 6 heteroatoms. The van der Waals surface area contributed by atoms with Crippen LogP contribution in [0.5, 0.6) is 0 Å². The Kier molecular flexibility index (Phi) is 4.78. The van der Waals surface area contributed by atoms with Gasteiger partial charge in [-0.25, -0.2) is 0 Å². The van der Waals surface area contributed by atoms with Gasteiger partial charge < -0.3 is 16.4 Å². The average molecular weight is 369 g/mol. The van der Waals surface area contributed by atoms with Crippen molar-refractivity contribution < 1.29 is 0 Å². The lowest BCUT2D eigenvalue weighted by atomic mass is 10.3. The second-order valence-corrected chi connectivity index (χ2v) is 5.30.